The molecule has 0 aliphatic heterocycles. The van der Waals surface area contributed by atoms with Crippen LogP contribution >= 0.6 is 23.2 Å². The Kier molecular flexibility index (Phi) is 8.07. The normalized spacial score (nSPS) is 12.2. The predicted octanol–water partition coefficient (Wildman–Crippen LogP) is 5.34. The second-order valence-corrected chi connectivity index (χ2v) is 10.6. The molecule has 2 aromatic carbocycles. The fourth-order valence-corrected chi connectivity index (χ4v) is 4.81. The predicted molar refractivity (Wildman–Crippen MR) is 135 cm³/mol. The van der Waals surface area contributed by atoms with Gasteiger partial charge in [0, 0.05) is 27.7 Å². The highest BCUT2D eigenvalue weighted by Gasteiger charge is 2.34. The fourth-order valence-electron chi connectivity index (χ4n) is 3.56. The van der Waals surface area contributed by atoms with Crippen LogP contribution in [0.5, 0.6) is 0 Å². The molecule has 0 unspecified atom stereocenters. The number of benzene rings is 2. The molecule has 36 heavy (non-hydrogen) atoms. The van der Waals surface area contributed by atoms with Crippen LogP contribution in [0.1, 0.15) is 22.5 Å². The van der Waals surface area contributed by atoms with Gasteiger partial charge in [0.1, 0.15) is 6.54 Å². The lowest BCUT2D eigenvalue weighted by molar-refractivity contribution is -0.137. The van der Waals surface area contributed by atoms with Crippen molar-refractivity contribution < 1.29 is 26.4 Å². The molecule has 0 aliphatic carbocycles. The highest BCUT2D eigenvalue weighted by Crippen LogP contribution is 2.37. The summed E-state index contributed by atoms with van der Waals surface area (Å²) in [6.45, 7) is 2.94. The molecule has 13 heteroatoms. The number of hydrogen-bond acceptors (Lipinski definition) is 4. The van der Waals surface area contributed by atoms with Crippen LogP contribution in [0.4, 0.5) is 18.9 Å². The molecular weight excluding hydrogens is 540 g/mol. The number of aromatic nitrogens is 1. The van der Waals surface area contributed by atoms with Crippen LogP contribution in [0.15, 0.2) is 53.6 Å². The molecule has 1 N–H and O–H groups in total. The third kappa shape index (κ3) is 6.40. The molecule has 1 aromatic heterocycles. The summed E-state index contributed by atoms with van der Waals surface area (Å²) in [6.07, 6.45) is -2.65. The maximum Gasteiger partial charge on any atom is 0.417 e. The first-order chi connectivity index (χ1) is 16.7. The van der Waals surface area contributed by atoms with Crippen LogP contribution in [0, 0.1) is 13.8 Å². The fraction of sp³-hybridized carbons (Fsp3) is 0.217. The van der Waals surface area contributed by atoms with Gasteiger partial charge in [-0.2, -0.15) is 18.3 Å². The Morgan fingerprint density at radius 3 is 2.44 bits per heavy atom. The Hall–Kier alpha value is -3.02. The Labute approximate surface area is 216 Å². The van der Waals surface area contributed by atoms with E-state index in [4.69, 9.17) is 23.2 Å². The first-order valence-electron chi connectivity index (χ1n) is 10.3. The standard InChI is InChI=1S/C23H21Cl2F3N4O3S/c1-14-9-16(15(2)32(14)19-6-4-5-17(24)10-19)12-29-30-22(33)13-31(36(3,34)35)18-7-8-21(25)20(11-18)23(26,27)28/h4-12H,13H2,1-3H3,(H,30,33). The molecule has 1 heterocycles. The molecule has 3 aromatic rings. The number of rotatable bonds is 7. The van der Waals surface area contributed by atoms with E-state index in [1.54, 1.807) is 12.1 Å². The number of hydrazone groups is 1. The number of alkyl halides is 3. The molecule has 0 aliphatic rings. The smallest absolute Gasteiger partial charge is 0.318 e. The number of anilines is 1. The molecule has 0 fully saturated rings. The van der Waals surface area contributed by atoms with E-state index in [0.717, 1.165) is 35.5 Å². The van der Waals surface area contributed by atoms with Crippen LogP contribution in [0.2, 0.25) is 10.0 Å². The van der Waals surface area contributed by atoms with E-state index in [1.165, 1.54) is 6.21 Å². The number of amides is 1. The van der Waals surface area contributed by atoms with E-state index >= 15 is 0 Å². The van der Waals surface area contributed by atoms with Gasteiger partial charge in [-0.15, -0.1) is 0 Å². The zero-order chi connectivity index (χ0) is 26.8. The van der Waals surface area contributed by atoms with Gasteiger partial charge in [-0.25, -0.2) is 13.8 Å². The molecule has 0 radical (unpaired) electrons. The number of aryl methyl sites for hydroxylation is 1. The maximum atomic E-state index is 13.2. The SMILES string of the molecule is Cc1cc(C=NNC(=O)CN(c2ccc(Cl)c(C(F)(F)F)c2)S(C)(=O)=O)c(C)n1-c1cccc(Cl)c1. The Morgan fingerprint density at radius 1 is 1.14 bits per heavy atom. The second-order valence-electron chi connectivity index (χ2n) is 7.87. The maximum absolute atomic E-state index is 13.2. The molecule has 7 nitrogen and oxygen atoms in total. The van der Waals surface area contributed by atoms with Crippen LogP contribution in [0.25, 0.3) is 5.69 Å². The van der Waals surface area contributed by atoms with Gasteiger partial charge in [0.2, 0.25) is 10.0 Å². The Balaban J connectivity index is 1.79. The molecule has 0 saturated heterocycles. The minimum Gasteiger partial charge on any atom is -0.318 e. The molecule has 192 valence electrons. The first kappa shape index (κ1) is 27.6. The number of sulfonamides is 1. The summed E-state index contributed by atoms with van der Waals surface area (Å²) < 4.78 is 66.6. The average molecular weight is 561 g/mol. The Bertz CT molecular complexity index is 1440. The summed E-state index contributed by atoms with van der Waals surface area (Å²) in [6, 6.07) is 11.7. The first-order valence-corrected chi connectivity index (χ1v) is 12.9. The van der Waals surface area contributed by atoms with Crippen molar-refractivity contribution in [3.8, 4) is 5.69 Å². The number of carbonyl (C=O) groups excluding carboxylic acids is 1. The summed E-state index contributed by atoms with van der Waals surface area (Å²) in [5.41, 5.74) is 3.84. The lowest BCUT2D eigenvalue weighted by atomic mass is 10.2. The van der Waals surface area contributed by atoms with Crippen molar-refractivity contribution in [2.45, 2.75) is 20.0 Å². The quantitative estimate of drug-likeness (QED) is 0.313. The second kappa shape index (κ2) is 10.5. The van der Waals surface area contributed by atoms with Crippen molar-refractivity contribution in [1.29, 1.82) is 0 Å². The van der Waals surface area contributed by atoms with Crippen LogP contribution in [0.3, 0.4) is 0 Å². The topological polar surface area (TPSA) is 83.8 Å². The zero-order valence-corrected chi connectivity index (χ0v) is 21.6. The lowest BCUT2D eigenvalue weighted by Crippen LogP contribution is -2.39. The number of halogens is 5. The third-order valence-corrected chi connectivity index (χ3v) is 6.87. The van der Waals surface area contributed by atoms with Crippen LogP contribution in [-0.2, 0) is 21.0 Å². The molecule has 0 atom stereocenters. The Morgan fingerprint density at radius 2 is 1.83 bits per heavy atom. The van der Waals surface area contributed by atoms with Crippen molar-refractivity contribution in [2.75, 3.05) is 17.1 Å². The van der Waals surface area contributed by atoms with E-state index in [9.17, 15) is 26.4 Å². The molecule has 3 rings (SSSR count). The van der Waals surface area contributed by atoms with Crippen molar-refractivity contribution in [3.63, 3.8) is 0 Å². The minimum absolute atomic E-state index is 0.363. The number of nitrogens with zero attached hydrogens (tertiary/aromatic N) is 3. The van der Waals surface area contributed by atoms with Crippen LogP contribution in [-0.4, -0.2) is 37.9 Å². The van der Waals surface area contributed by atoms with Gasteiger partial charge < -0.3 is 4.57 Å². The van der Waals surface area contributed by atoms with E-state index in [1.807, 2.05) is 36.6 Å². The van der Waals surface area contributed by atoms with Gasteiger partial charge in [0.05, 0.1) is 28.7 Å². The summed E-state index contributed by atoms with van der Waals surface area (Å²) in [7, 11) is -4.11. The van der Waals surface area contributed by atoms with Crippen molar-refractivity contribution in [3.05, 3.63) is 81.1 Å². The van der Waals surface area contributed by atoms with E-state index in [2.05, 4.69) is 10.5 Å². The van der Waals surface area contributed by atoms with Crippen molar-refractivity contribution in [1.82, 2.24) is 9.99 Å². The van der Waals surface area contributed by atoms with Crippen molar-refractivity contribution in [2.24, 2.45) is 5.10 Å². The minimum atomic E-state index is -4.81. The van der Waals surface area contributed by atoms with Gasteiger partial charge >= 0.3 is 6.18 Å². The zero-order valence-electron chi connectivity index (χ0n) is 19.3. The summed E-state index contributed by atoms with van der Waals surface area (Å²) in [4.78, 5) is 12.4. The molecule has 0 saturated carbocycles. The molecule has 0 spiro atoms. The molecular formula is C23H21Cl2F3N4O3S. The van der Waals surface area contributed by atoms with Crippen LogP contribution < -0.4 is 9.73 Å². The monoisotopic (exact) mass is 560 g/mol. The van der Waals surface area contributed by atoms with Gasteiger partial charge in [0.15, 0.2) is 0 Å². The summed E-state index contributed by atoms with van der Waals surface area (Å²) >= 11 is 11.7. The van der Waals surface area contributed by atoms with Gasteiger partial charge in [-0.1, -0.05) is 29.3 Å². The summed E-state index contributed by atoms with van der Waals surface area (Å²) in [5.74, 6) is -0.858. The van der Waals surface area contributed by atoms with Gasteiger partial charge in [0.25, 0.3) is 5.91 Å². The lowest BCUT2D eigenvalue weighted by Gasteiger charge is -2.22. The molecule has 1 amide bonds. The number of hydrogen-bond donors (Lipinski definition) is 1. The summed E-state index contributed by atoms with van der Waals surface area (Å²) in [5, 5.41) is 3.86. The van der Waals surface area contributed by atoms with Crippen molar-refractivity contribution >= 4 is 51.0 Å². The molecule has 0 bridgehead atoms. The largest absolute Gasteiger partial charge is 0.417 e. The van der Waals surface area contributed by atoms with E-state index in [0.29, 0.717) is 21.0 Å². The number of carbonyl (C=O) groups is 1. The van der Waals surface area contributed by atoms with Gasteiger partial charge in [-0.05, 0) is 56.3 Å². The average Bonchev–Trinajstić information content (AvgIpc) is 3.04. The highest BCUT2D eigenvalue weighted by atomic mass is 35.5. The van der Waals surface area contributed by atoms with E-state index < -0.39 is 39.2 Å². The van der Waals surface area contributed by atoms with Gasteiger partial charge in [-0.3, -0.25) is 9.10 Å². The highest BCUT2D eigenvalue weighted by molar-refractivity contribution is 7.92. The number of nitrogens with one attached hydrogen (secondary N) is 1. The van der Waals surface area contributed by atoms with E-state index in [-0.39, 0.29) is 5.69 Å². The third-order valence-electron chi connectivity index (χ3n) is 5.16.